The zero-order chi connectivity index (χ0) is 15.4. The van der Waals surface area contributed by atoms with Crippen LogP contribution in [0.25, 0.3) is 0 Å². The van der Waals surface area contributed by atoms with Crippen LogP contribution < -0.4 is 10.1 Å². The van der Waals surface area contributed by atoms with Gasteiger partial charge in [-0.1, -0.05) is 31.4 Å². The summed E-state index contributed by atoms with van der Waals surface area (Å²) in [5, 5.41) is 14.6. The third kappa shape index (κ3) is 3.40. The number of nitrogens with one attached hydrogen (secondary N) is 1. The third-order valence-corrected chi connectivity index (χ3v) is 5.00. The lowest BCUT2D eigenvalue weighted by atomic mass is 9.80. The number of para-hydroxylation sites is 2. The van der Waals surface area contributed by atoms with Crippen molar-refractivity contribution in [3.05, 3.63) is 34.4 Å². The van der Waals surface area contributed by atoms with Crippen LogP contribution in [0.5, 0.6) is 5.75 Å². The van der Waals surface area contributed by atoms with Gasteiger partial charge in [-0.25, -0.2) is 0 Å². The standard InChI is InChI=1S/C17H24N2O3/c20-19(21)15-8-4-5-9-16(15)22-17(14-10-11-18-12-14)13-6-2-1-3-7-13/h4-5,8-9,13-14,17-18H,1-3,6-7,10-12H2/t14-,17+/m0/s1. The molecule has 0 unspecified atom stereocenters. The van der Waals surface area contributed by atoms with Crippen molar-refractivity contribution in [1.82, 2.24) is 5.32 Å². The predicted octanol–water partition coefficient (Wildman–Crippen LogP) is 3.53. The molecule has 1 aliphatic heterocycles. The molecule has 0 radical (unpaired) electrons. The maximum atomic E-state index is 11.2. The first-order chi connectivity index (χ1) is 10.8. The molecule has 22 heavy (non-hydrogen) atoms. The molecular formula is C17H24N2O3. The van der Waals surface area contributed by atoms with Crippen molar-refractivity contribution in [3.8, 4) is 5.75 Å². The molecule has 2 atom stereocenters. The highest BCUT2D eigenvalue weighted by atomic mass is 16.6. The molecule has 0 bridgehead atoms. The van der Waals surface area contributed by atoms with Gasteiger partial charge in [0.05, 0.1) is 4.92 Å². The van der Waals surface area contributed by atoms with E-state index < -0.39 is 0 Å². The van der Waals surface area contributed by atoms with E-state index in [1.54, 1.807) is 12.1 Å². The van der Waals surface area contributed by atoms with Crippen molar-refractivity contribution < 1.29 is 9.66 Å². The highest BCUT2D eigenvalue weighted by Crippen LogP contribution is 2.36. The lowest BCUT2D eigenvalue weighted by Crippen LogP contribution is -2.37. The van der Waals surface area contributed by atoms with Crippen LogP contribution in [0, 0.1) is 22.0 Å². The Morgan fingerprint density at radius 1 is 1.14 bits per heavy atom. The molecule has 0 aromatic heterocycles. The summed E-state index contributed by atoms with van der Waals surface area (Å²) >= 11 is 0. The van der Waals surface area contributed by atoms with E-state index in [2.05, 4.69) is 5.32 Å². The number of nitro groups is 1. The number of nitro benzene ring substituents is 1. The number of nitrogens with zero attached hydrogens (tertiary/aromatic N) is 1. The minimum absolute atomic E-state index is 0.0780. The van der Waals surface area contributed by atoms with Gasteiger partial charge >= 0.3 is 5.69 Å². The lowest BCUT2D eigenvalue weighted by Gasteiger charge is -2.34. The van der Waals surface area contributed by atoms with E-state index in [0.29, 0.717) is 17.6 Å². The van der Waals surface area contributed by atoms with Crippen LogP contribution in [-0.2, 0) is 0 Å². The van der Waals surface area contributed by atoms with Gasteiger partial charge < -0.3 is 10.1 Å². The first kappa shape index (κ1) is 15.3. The van der Waals surface area contributed by atoms with Crippen molar-refractivity contribution in [3.63, 3.8) is 0 Å². The average molecular weight is 304 g/mol. The van der Waals surface area contributed by atoms with Gasteiger partial charge in [-0.15, -0.1) is 0 Å². The molecule has 3 rings (SSSR count). The van der Waals surface area contributed by atoms with Gasteiger partial charge in [0.15, 0.2) is 5.75 Å². The van der Waals surface area contributed by atoms with Crippen molar-refractivity contribution in [2.75, 3.05) is 13.1 Å². The minimum atomic E-state index is -0.347. The van der Waals surface area contributed by atoms with Crippen molar-refractivity contribution in [2.45, 2.75) is 44.6 Å². The fourth-order valence-corrected chi connectivity index (χ4v) is 3.85. The smallest absolute Gasteiger partial charge is 0.310 e. The minimum Gasteiger partial charge on any atom is -0.483 e. The van der Waals surface area contributed by atoms with Crippen LogP contribution >= 0.6 is 0 Å². The molecular weight excluding hydrogens is 280 g/mol. The van der Waals surface area contributed by atoms with Crippen LogP contribution in [-0.4, -0.2) is 24.1 Å². The molecule has 120 valence electrons. The summed E-state index contributed by atoms with van der Waals surface area (Å²) in [4.78, 5) is 10.9. The lowest BCUT2D eigenvalue weighted by molar-refractivity contribution is -0.386. The summed E-state index contributed by atoms with van der Waals surface area (Å²) in [7, 11) is 0. The topological polar surface area (TPSA) is 64.4 Å². The quantitative estimate of drug-likeness (QED) is 0.667. The van der Waals surface area contributed by atoms with Gasteiger partial charge in [-0.2, -0.15) is 0 Å². The Bertz CT molecular complexity index is 508. The predicted molar refractivity (Wildman–Crippen MR) is 85.1 cm³/mol. The molecule has 1 aromatic carbocycles. The van der Waals surface area contributed by atoms with E-state index in [0.717, 1.165) is 19.5 Å². The molecule has 0 spiro atoms. The fraction of sp³-hybridized carbons (Fsp3) is 0.647. The monoisotopic (exact) mass is 304 g/mol. The summed E-state index contributed by atoms with van der Waals surface area (Å²) in [6.07, 6.45) is 7.36. The summed E-state index contributed by atoms with van der Waals surface area (Å²) in [5.41, 5.74) is 0.0780. The van der Waals surface area contributed by atoms with E-state index in [1.165, 1.54) is 38.2 Å². The Morgan fingerprint density at radius 3 is 2.59 bits per heavy atom. The molecule has 1 heterocycles. The molecule has 5 heteroatoms. The number of hydrogen-bond acceptors (Lipinski definition) is 4. The molecule has 1 saturated carbocycles. The molecule has 0 amide bonds. The SMILES string of the molecule is O=[N+]([O-])c1ccccc1O[C@H](C1CCCCC1)[C@H]1CCNC1. The van der Waals surface area contributed by atoms with E-state index in [4.69, 9.17) is 4.74 Å². The zero-order valence-corrected chi connectivity index (χ0v) is 12.9. The molecule has 1 N–H and O–H groups in total. The van der Waals surface area contributed by atoms with Gasteiger partial charge in [-0.05, 0) is 37.8 Å². The molecule has 2 aliphatic rings. The van der Waals surface area contributed by atoms with Crippen LogP contribution in [0.4, 0.5) is 5.69 Å². The molecule has 1 saturated heterocycles. The molecule has 1 aromatic rings. The van der Waals surface area contributed by atoms with E-state index in [1.807, 2.05) is 6.07 Å². The molecule has 2 fully saturated rings. The van der Waals surface area contributed by atoms with Crippen molar-refractivity contribution in [1.29, 1.82) is 0 Å². The summed E-state index contributed by atoms with van der Waals surface area (Å²) in [6, 6.07) is 6.77. The van der Waals surface area contributed by atoms with Gasteiger partial charge in [0, 0.05) is 18.5 Å². The molecule has 5 nitrogen and oxygen atoms in total. The first-order valence-corrected chi connectivity index (χ1v) is 8.36. The maximum absolute atomic E-state index is 11.2. The molecule has 1 aliphatic carbocycles. The van der Waals surface area contributed by atoms with Gasteiger partial charge in [0.1, 0.15) is 6.10 Å². The second-order valence-corrected chi connectivity index (χ2v) is 6.46. The Hall–Kier alpha value is -1.62. The normalized spacial score (nSPS) is 24.1. The van der Waals surface area contributed by atoms with Crippen LogP contribution in [0.15, 0.2) is 24.3 Å². The summed E-state index contributed by atoms with van der Waals surface area (Å²) in [5.74, 6) is 1.41. The Labute approximate surface area is 131 Å². The van der Waals surface area contributed by atoms with Gasteiger partial charge in [0.25, 0.3) is 0 Å². The summed E-state index contributed by atoms with van der Waals surface area (Å²) < 4.78 is 6.25. The van der Waals surface area contributed by atoms with E-state index in [9.17, 15) is 10.1 Å². The average Bonchev–Trinajstić information content (AvgIpc) is 3.08. The second kappa shape index (κ2) is 7.09. The number of hydrogen-bond donors (Lipinski definition) is 1. The van der Waals surface area contributed by atoms with E-state index >= 15 is 0 Å². The largest absolute Gasteiger partial charge is 0.483 e. The number of ether oxygens (including phenoxy) is 1. The van der Waals surface area contributed by atoms with E-state index in [-0.39, 0.29) is 16.7 Å². The van der Waals surface area contributed by atoms with Crippen LogP contribution in [0.1, 0.15) is 38.5 Å². The Balaban J connectivity index is 1.81. The highest BCUT2D eigenvalue weighted by molar-refractivity contribution is 5.45. The second-order valence-electron chi connectivity index (χ2n) is 6.46. The Morgan fingerprint density at radius 2 is 1.91 bits per heavy atom. The number of rotatable bonds is 5. The van der Waals surface area contributed by atoms with Crippen molar-refractivity contribution in [2.24, 2.45) is 11.8 Å². The Kier molecular flexibility index (Phi) is 4.93. The summed E-state index contributed by atoms with van der Waals surface area (Å²) in [6.45, 7) is 1.98. The maximum Gasteiger partial charge on any atom is 0.310 e. The highest BCUT2D eigenvalue weighted by Gasteiger charge is 2.35. The van der Waals surface area contributed by atoms with Gasteiger partial charge in [-0.3, -0.25) is 10.1 Å². The third-order valence-electron chi connectivity index (χ3n) is 5.00. The zero-order valence-electron chi connectivity index (χ0n) is 12.9. The first-order valence-electron chi connectivity index (χ1n) is 8.36. The fourth-order valence-electron chi connectivity index (χ4n) is 3.85. The number of benzene rings is 1. The van der Waals surface area contributed by atoms with Crippen LogP contribution in [0.3, 0.4) is 0 Å². The van der Waals surface area contributed by atoms with Crippen LogP contribution in [0.2, 0.25) is 0 Å². The van der Waals surface area contributed by atoms with Crippen molar-refractivity contribution >= 4 is 5.69 Å². The van der Waals surface area contributed by atoms with Gasteiger partial charge in [0.2, 0.25) is 0 Å².